The van der Waals surface area contributed by atoms with E-state index in [9.17, 15) is 19.1 Å². The van der Waals surface area contributed by atoms with E-state index in [1.54, 1.807) is 4.68 Å². The summed E-state index contributed by atoms with van der Waals surface area (Å²) in [5, 5.41) is 15.9. The van der Waals surface area contributed by atoms with Crippen LogP contribution < -0.4 is 5.32 Å². The average molecular weight is 305 g/mol. The Labute approximate surface area is 126 Å². The molecule has 0 aliphatic carbocycles. The van der Waals surface area contributed by atoms with Gasteiger partial charge in [0, 0.05) is 12.7 Å². The molecule has 7 heteroatoms. The molecule has 2 rings (SSSR count). The van der Waals surface area contributed by atoms with Crippen LogP contribution in [0.1, 0.15) is 29.8 Å². The van der Waals surface area contributed by atoms with Crippen molar-refractivity contribution in [2.45, 2.75) is 25.9 Å². The highest BCUT2D eigenvalue weighted by molar-refractivity contribution is 5.97. The van der Waals surface area contributed by atoms with E-state index in [1.807, 2.05) is 6.92 Å². The van der Waals surface area contributed by atoms with E-state index in [0.717, 1.165) is 12.1 Å². The van der Waals surface area contributed by atoms with Crippen LogP contribution in [0.2, 0.25) is 0 Å². The molecular formula is C15H16FN3O3. The van der Waals surface area contributed by atoms with Crippen molar-refractivity contribution in [1.82, 2.24) is 15.1 Å². The zero-order chi connectivity index (χ0) is 16.3. The average Bonchev–Trinajstić information content (AvgIpc) is 2.96. The number of amides is 1. The van der Waals surface area contributed by atoms with Crippen molar-refractivity contribution in [2.75, 3.05) is 0 Å². The minimum Gasteiger partial charge on any atom is -0.479 e. The number of nitrogens with one attached hydrogen (secondary N) is 1. The maximum absolute atomic E-state index is 13.0. The summed E-state index contributed by atoms with van der Waals surface area (Å²) < 4.78 is 14.6. The maximum Gasteiger partial charge on any atom is 0.333 e. The Morgan fingerprint density at radius 2 is 2.00 bits per heavy atom. The van der Waals surface area contributed by atoms with E-state index < -0.39 is 23.2 Å². The molecule has 0 saturated heterocycles. The molecule has 0 aliphatic heterocycles. The van der Waals surface area contributed by atoms with Crippen molar-refractivity contribution in [3.8, 4) is 0 Å². The summed E-state index contributed by atoms with van der Waals surface area (Å²) in [5.74, 6) is -2.28. The van der Waals surface area contributed by atoms with Crippen LogP contribution in [0.4, 0.5) is 4.39 Å². The monoisotopic (exact) mass is 305 g/mol. The lowest BCUT2D eigenvalue weighted by Gasteiger charge is -2.26. The number of carbonyl (C=O) groups is 2. The third kappa shape index (κ3) is 2.98. The van der Waals surface area contributed by atoms with Crippen LogP contribution in [0.15, 0.2) is 36.7 Å². The molecule has 0 aliphatic rings. The van der Waals surface area contributed by atoms with Crippen LogP contribution in [0.25, 0.3) is 0 Å². The van der Waals surface area contributed by atoms with Crippen molar-refractivity contribution in [2.24, 2.45) is 0 Å². The van der Waals surface area contributed by atoms with Crippen LogP contribution in [-0.4, -0.2) is 26.8 Å². The molecule has 22 heavy (non-hydrogen) atoms. The third-order valence-electron chi connectivity index (χ3n) is 3.43. The van der Waals surface area contributed by atoms with Gasteiger partial charge in [0.1, 0.15) is 5.82 Å². The van der Waals surface area contributed by atoms with Crippen molar-refractivity contribution >= 4 is 11.9 Å². The Kier molecular flexibility index (Phi) is 4.25. The molecule has 1 atom stereocenters. The SMILES string of the molecule is CCn1cc(C(=O)NC(C)(C(=O)O)c2ccc(F)cc2)cn1. The van der Waals surface area contributed by atoms with Gasteiger partial charge in [-0.25, -0.2) is 9.18 Å². The molecule has 0 spiro atoms. The number of rotatable bonds is 5. The second-order valence-electron chi connectivity index (χ2n) is 4.98. The van der Waals surface area contributed by atoms with E-state index in [2.05, 4.69) is 10.4 Å². The van der Waals surface area contributed by atoms with Crippen LogP contribution in [0, 0.1) is 5.82 Å². The molecule has 6 nitrogen and oxygen atoms in total. The van der Waals surface area contributed by atoms with Crippen LogP contribution in [-0.2, 0) is 16.9 Å². The zero-order valence-corrected chi connectivity index (χ0v) is 12.2. The van der Waals surface area contributed by atoms with Gasteiger partial charge in [0.05, 0.1) is 11.8 Å². The molecule has 2 aromatic rings. The number of aromatic nitrogens is 2. The Balaban J connectivity index is 2.30. The molecule has 1 unspecified atom stereocenters. The largest absolute Gasteiger partial charge is 0.479 e. The second-order valence-corrected chi connectivity index (χ2v) is 4.98. The van der Waals surface area contributed by atoms with Gasteiger partial charge in [-0.2, -0.15) is 5.10 Å². The normalized spacial score (nSPS) is 13.4. The summed E-state index contributed by atoms with van der Waals surface area (Å²) in [6, 6.07) is 4.97. The van der Waals surface area contributed by atoms with Crippen LogP contribution >= 0.6 is 0 Å². The molecule has 116 valence electrons. The maximum atomic E-state index is 13.0. The Bertz CT molecular complexity index is 696. The number of nitrogens with zero attached hydrogens (tertiary/aromatic N) is 2. The topological polar surface area (TPSA) is 84.2 Å². The smallest absolute Gasteiger partial charge is 0.333 e. The molecule has 0 fully saturated rings. The first-order chi connectivity index (χ1) is 10.4. The predicted molar refractivity (Wildman–Crippen MR) is 76.8 cm³/mol. The van der Waals surface area contributed by atoms with Gasteiger partial charge < -0.3 is 10.4 Å². The second kappa shape index (κ2) is 5.97. The van der Waals surface area contributed by atoms with Gasteiger partial charge in [-0.15, -0.1) is 0 Å². The van der Waals surface area contributed by atoms with Crippen LogP contribution in [0.3, 0.4) is 0 Å². The summed E-state index contributed by atoms with van der Waals surface area (Å²) >= 11 is 0. The number of hydrogen-bond donors (Lipinski definition) is 2. The Hall–Kier alpha value is -2.70. The lowest BCUT2D eigenvalue weighted by molar-refractivity contribution is -0.144. The fraction of sp³-hybridized carbons (Fsp3) is 0.267. The van der Waals surface area contributed by atoms with E-state index in [4.69, 9.17) is 0 Å². The standard InChI is InChI=1S/C15H16FN3O3/c1-3-19-9-10(8-17-19)13(20)18-15(2,14(21)22)11-4-6-12(16)7-5-11/h4-9H,3H2,1-2H3,(H,18,20)(H,21,22). The number of carboxylic acids is 1. The molecular weight excluding hydrogens is 289 g/mol. The molecule has 1 aromatic carbocycles. The summed E-state index contributed by atoms with van der Waals surface area (Å²) in [5.41, 5.74) is -1.13. The van der Waals surface area contributed by atoms with E-state index in [-0.39, 0.29) is 11.1 Å². The fourth-order valence-electron chi connectivity index (χ4n) is 1.99. The number of hydrogen-bond acceptors (Lipinski definition) is 3. The first kappa shape index (κ1) is 15.7. The molecule has 1 amide bonds. The van der Waals surface area contributed by atoms with Gasteiger partial charge in [0.2, 0.25) is 0 Å². The summed E-state index contributed by atoms with van der Waals surface area (Å²) in [4.78, 5) is 23.8. The number of aryl methyl sites for hydroxylation is 1. The van der Waals surface area contributed by atoms with Gasteiger partial charge in [0.15, 0.2) is 5.54 Å². The number of aliphatic carboxylic acids is 1. The van der Waals surface area contributed by atoms with Crippen molar-refractivity contribution in [1.29, 1.82) is 0 Å². The molecule has 0 saturated carbocycles. The predicted octanol–water partition coefficient (Wildman–Crippen LogP) is 1.77. The number of benzene rings is 1. The van der Waals surface area contributed by atoms with E-state index in [1.165, 1.54) is 31.5 Å². The first-order valence-corrected chi connectivity index (χ1v) is 6.71. The third-order valence-corrected chi connectivity index (χ3v) is 3.43. The van der Waals surface area contributed by atoms with E-state index >= 15 is 0 Å². The van der Waals surface area contributed by atoms with Crippen molar-refractivity contribution in [3.63, 3.8) is 0 Å². The highest BCUT2D eigenvalue weighted by Crippen LogP contribution is 2.22. The molecule has 2 N–H and O–H groups in total. The van der Waals surface area contributed by atoms with Gasteiger partial charge in [-0.05, 0) is 31.5 Å². The lowest BCUT2D eigenvalue weighted by Crippen LogP contribution is -2.49. The van der Waals surface area contributed by atoms with Gasteiger partial charge in [-0.1, -0.05) is 12.1 Å². The number of carbonyl (C=O) groups excluding carboxylic acids is 1. The van der Waals surface area contributed by atoms with Crippen LogP contribution in [0.5, 0.6) is 0 Å². The zero-order valence-electron chi connectivity index (χ0n) is 12.2. The molecule has 1 heterocycles. The number of halogens is 1. The summed E-state index contributed by atoms with van der Waals surface area (Å²) in [7, 11) is 0. The summed E-state index contributed by atoms with van der Waals surface area (Å²) in [6.07, 6.45) is 2.90. The first-order valence-electron chi connectivity index (χ1n) is 6.71. The minimum absolute atomic E-state index is 0.261. The molecule has 1 aromatic heterocycles. The highest BCUT2D eigenvalue weighted by atomic mass is 19.1. The Morgan fingerprint density at radius 3 is 2.50 bits per heavy atom. The molecule has 0 radical (unpaired) electrons. The lowest BCUT2D eigenvalue weighted by atomic mass is 9.91. The van der Waals surface area contributed by atoms with Gasteiger partial charge >= 0.3 is 5.97 Å². The van der Waals surface area contributed by atoms with Gasteiger partial charge in [0.25, 0.3) is 5.91 Å². The van der Waals surface area contributed by atoms with Crippen molar-refractivity contribution < 1.29 is 19.1 Å². The fourth-order valence-corrected chi connectivity index (χ4v) is 1.99. The summed E-state index contributed by atoms with van der Waals surface area (Å²) in [6.45, 7) is 3.82. The van der Waals surface area contributed by atoms with E-state index in [0.29, 0.717) is 6.54 Å². The highest BCUT2D eigenvalue weighted by Gasteiger charge is 2.37. The Morgan fingerprint density at radius 1 is 1.36 bits per heavy atom. The quantitative estimate of drug-likeness (QED) is 0.882. The molecule has 0 bridgehead atoms. The van der Waals surface area contributed by atoms with Crippen molar-refractivity contribution in [3.05, 3.63) is 53.6 Å². The van der Waals surface area contributed by atoms with Gasteiger partial charge in [-0.3, -0.25) is 9.48 Å². The minimum atomic E-state index is -1.67. The number of carboxylic acid groups (broad SMARTS) is 1.